The van der Waals surface area contributed by atoms with Crippen LogP contribution in [-0.2, 0) is 14.3 Å². The Bertz CT molecular complexity index is 1310. The zero-order valence-corrected chi connectivity index (χ0v) is 24.2. The van der Waals surface area contributed by atoms with Crippen LogP contribution in [0.2, 0.25) is 0 Å². The van der Waals surface area contributed by atoms with E-state index in [1.807, 2.05) is 107 Å². The van der Waals surface area contributed by atoms with Crippen molar-refractivity contribution in [2.24, 2.45) is 5.92 Å². The highest BCUT2D eigenvalue weighted by Crippen LogP contribution is 2.32. The number of amides is 3. The molecule has 0 aliphatic heterocycles. The lowest BCUT2D eigenvalue weighted by molar-refractivity contribution is -0.147. The molecular formula is C32H41N3O4. The molecule has 2 atom stereocenters. The van der Waals surface area contributed by atoms with Gasteiger partial charge in [0.25, 0.3) is 5.91 Å². The smallest absolute Gasteiger partial charge is 0.408 e. The van der Waals surface area contributed by atoms with Gasteiger partial charge in [0.1, 0.15) is 17.7 Å². The van der Waals surface area contributed by atoms with Crippen LogP contribution >= 0.6 is 0 Å². The van der Waals surface area contributed by atoms with Gasteiger partial charge in [0, 0.05) is 11.2 Å². The van der Waals surface area contributed by atoms with Crippen LogP contribution in [0, 0.1) is 5.92 Å². The maximum Gasteiger partial charge on any atom is 0.408 e. The van der Waals surface area contributed by atoms with Crippen molar-refractivity contribution in [3.05, 3.63) is 78.4 Å². The number of alkyl carbamates (subject to hydrolysis) is 1. The van der Waals surface area contributed by atoms with Crippen LogP contribution in [0.25, 0.3) is 10.8 Å². The Balaban J connectivity index is 2.02. The number of anilines is 1. The molecule has 7 nitrogen and oxygen atoms in total. The molecule has 2 N–H and O–H groups in total. The quantitative estimate of drug-likeness (QED) is 0.355. The first kappa shape index (κ1) is 29.7. The highest BCUT2D eigenvalue weighted by molar-refractivity contribution is 6.00. The zero-order chi connectivity index (χ0) is 29.0. The number of fused-ring (bicyclic) bond motifs is 1. The van der Waals surface area contributed by atoms with Crippen LogP contribution in [0.3, 0.4) is 0 Å². The summed E-state index contributed by atoms with van der Waals surface area (Å²) in [6, 6.07) is 21.0. The Morgan fingerprint density at radius 2 is 1.38 bits per heavy atom. The molecule has 0 fully saturated rings. The van der Waals surface area contributed by atoms with Crippen molar-refractivity contribution in [2.45, 2.75) is 78.6 Å². The number of ether oxygens (including phenoxy) is 1. The third-order valence-corrected chi connectivity index (χ3v) is 6.20. The molecule has 0 aromatic heterocycles. The molecular weight excluding hydrogens is 490 g/mol. The van der Waals surface area contributed by atoms with E-state index in [9.17, 15) is 14.4 Å². The molecule has 0 aliphatic carbocycles. The van der Waals surface area contributed by atoms with Crippen molar-refractivity contribution in [1.29, 1.82) is 0 Å². The Morgan fingerprint density at radius 3 is 1.95 bits per heavy atom. The molecule has 3 rings (SSSR count). The molecule has 0 spiro atoms. The first-order valence-electron chi connectivity index (χ1n) is 13.3. The molecule has 0 saturated carbocycles. The maximum atomic E-state index is 14.3. The van der Waals surface area contributed by atoms with Crippen LogP contribution in [0.5, 0.6) is 0 Å². The summed E-state index contributed by atoms with van der Waals surface area (Å²) in [4.78, 5) is 42.5. The van der Waals surface area contributed by atoms with Gasteiger partial charge in [0.15, 0.2) is 0 Å². The molecule has 7 heteroatoms. The second-order valence-electron chi connectivity index (χ2n) is 12.1. The third kappa shape index (κ3) is 7.82. The molecule has 2 unspecified atom stereocenters. The summed E-state index contributed by atoms with van der Waals surface area (Å²) in [5.41, 5.74) is -0.182. The van der Waals surface area contributed by atoms with Crippen molar-refractivity contribution < 1.29 is 19.1 Å². The van der Waals surface area contributed by atoms with Crippen LogP contribution in [0.4, 0.5) is 10.5 Å². The van der Waals surface area contributed by atoms with Gasteiger partial charge in [-0.05, 0) is 75.9 Å². The summed E-state index contributed by atoms with van der Waals surface area (Å²) < 4.78 is 5.44. The summed E-state index contributed by atoms with van der Waals surface area (Å²) >= 11 is 0. The average molecular weight is 532 g/mol. The van der Waals surface area contributed by atoms with Crippen molar-refractivity contribution in [3.8, 4) is 0 Å². The molecule has 0 radical (unpaired) electrons. The summed E-state index contributed by atoms with van der Waals surface area (Å²) in [6.07, 6.45) is -0.680. The minimum Gasteiger partial charge on any atom is -0.444 e. The van der Waals surface area contributed by atoms with E-state index in [-0.39, 0.29) is 17.7 Å². The molecule has 0 aliphatic rings. The highest BCUT2D eigenvalue weighted by atomic mass is 16.6. The molecule has 208 valence electrons. The van der Waals surface area contributed by atoms with Crippen molar-refractivity contribution >= 4 is 34.4 Å². The molecule has 3 amide bonds. The largest absolute Gasteiger partial charge is 0.444 e. The summed E-state index contributed by atoms with van der Waals surface area (Å²) in [6.45, 7) is 14.7. The number of carbonyl (C=O) groups excluding carboxylic acids is 3. The minimum atomic E-state index is -0.952. The van der Waals surface area contributed by atoms with Crippen LogP contribution in [0.15, 0.2) is 72.8 Å². The Labute approximate surface area is 231 Å². The van der Waals surface area contributed by atoms with Crippen molar-refractivity contribution in [2.75, 3.05) is 5.32 Å². The van der Waals surface area contributed by atoms with Gasteiger partial charge < -0.3 is 20.3 Å². The number of rotatable bonds is 7. The van der Waals surface area contributed by atoms with E-state index in [0.717, 1.165) is 10.8 Å². The Hall–Kier alpha value is -3.87. The molecule has 3 aromatic carbocycles. The fraction of sp³-hybridized carbons (Fsp3) is 0.406. The fourth-order valence-corrected chi connectivity index (χ4v) is 4.47. The number of hydrogen-bond donors (Lipinski definition) is 2. The Morgan fingerprint density at radius 1 is 0.795 bits per heavy atom. The van der Waals surface area contributed by atoms with E-state index in [4.69, 9.17) is 4.74 Å². The van der Waals surface area contributed by atoms with Gasteiger partial charge in [-0.2, -0.15) is 0 Å². The van der Waals surface area contributed by atoms with E-state index < -0.39 is 29.3 Å². The van der Waals surface area contributed by atoms with Crippen LogP contribution < -0.4 is 10.6 Å². The predicted octanol–water partition coefficient (Wildman–Crippen LogP) is 6.70. The number of carbonyl (C=O) groups is 3. The van der Waals surface area contributed by atoms with Gasteiger partial charge >= 0.3 is 6.09 Å². The number of benzene rings is 3. The van der Waals surface area contributed by atoms with Gasteiger partial charge in [0.05, 0.1) is 0 Å². The number of nitrogens with zero attached hydrogens (tertiary/aromatic N) is 1. The predicted molar refractivity (Wildman–Crippen MR) is 156 cm³/mol. The first-order chi connectivity index (χ1) is 18.2. The summed E-state index contributed by atoms with van der Waals surface area (Å²) in [5, 5.41) is 7.85. The second kappa shape index (κ2) is 11.9. The highest BCUT2D eigenvalue weighted by Gasteiger charge is 2.42. The molecule has 0 bridgehead atoms. The molecule has 0 heterocycles. The van der Waals surface area contributed by atoms with Gasteiger partial charge in [0.2, 0.25) is 5.91 Å². The number of nitrogens with one attached hydrogen (secondary N) is 2. The second-order valence-corrected chi connectivity index (χ2v) is 12.1. The Kier molecular flexibility index (Phi) is 9.05. The SMILES string of the molecule is CC(C)C(NC(=O)OC(C)(C)C)C(=O)N(C(C(=O)Nc1ccc2ccccc2c1)c1ccccc1)C(C)(C)C. The average Bonchev–Trinajstić information content (AvgIpc) is 2.83. The van der Waals surface area contributed by atoms with Crippen LogP contribution in [-0.4, -0.2) is 40.0 Å². The van der Waals surface area contributed by atoms with Crippen molar-refractivity contribution in [1.82, 2.24) is 10.2 Å². The lowest BCUT2D eigenvalue weighted by Gasteiger charge is -2.43. The molecule has 39 heavy (non-hydrogen) atoms. The van der Waals surface area contributed by atoms with E-state index in [0.29, 0.717) is 11.3 Å². The lowest BCUT2D eigenvalue weighted by Crippen LogP contribution is -2.59. The van der Waals surface area contributed by atoms with Gasteiger partial charge in [-0.1, -0.05) is 74.5 Å². The summed E-state index contributed by atoms with van der Waals surface area (Å²) in [5.74, 6) is -0.972. The summed E-state index contributed by atoms with van der Waals surface area (Å²) in [7, 11) is 0. The molecule has 3 aromatic rings. The topological polar surface area (TPSA) is 87.7 Å². The first-order valence-corrected chi connectivity index (χ1v) is 13.3. The van der Waals surface area contributed by atoms with E-state index in [1.54, 1.807) is 25.7 Å². The number of hydrogen-bond acceptors (Lipinski definition) is 4. The van der Waals surface area contributed by atoms with E-state index in [1.165, 1.54) is 0 Å². The zero-order valence-electron chi connectivity index (χ0n) is 24.2. The fourth-order valence-electron chi connectivity index (χ4n) is 4.47. The standard InChI is InChI=1S/C32H41N3O4/c1-21(2)26(34-30(38)39-32(6,7)8)29(37)35(31(3,4)5)27(23-15-10-9-11-16-23)28(36)33-25-19-18-22-14-12-13-17-24(22)20-25/h9-21,26-27H,1-8H3,(H,33,36)(H,34,38). The van der Waals surface area contributed by atoms with Gasteiger partial charge in [-0.3, -0.25) is 9.59 Å². The van der Waals surface area contributed by atoms with Gasteiger partial charge in [-0.25, -0.2) is 4.79 Å². The maximum absolute atomic E-state index is 14.3. The van der Waals surface area contributed by atoms with E-state index >= 15 is 0 Å². The van der Waals surface area contributed by atoms with E-state index in [2.05, 4.69) is 10.6 Å². The van der Waals surface area contributed by atoms with Gasteiger partial charge in [-0.15, -0.1) is 0 Å². The van der Waals surface area contributed by atoms with Crippen molar-refractivity contribution in [3.63, 3.8) is 0 Å². The third-order valence-electron chi connectivity index (χ3n) is 6.20. The normalized spacial score (nSPS) is 13.5. The minimum absolute atomic E-state index is 0.255. The lowest BCUT2D eigenvalue weighted by atomic mass is 9.93. The monoisotopic (exact) mass is 531 g/mol. The molecule has 0 saturated heterocycles. The van der Waals surface area contributed by atoms with Crippen LogP contribution in [0.1, 0.15) is 67.0 Å².